The lowest BCUT2D eigenvalue weighted by atomic mass is 9.30. The first-order valence-corrected chi connectivity index (χ1v) is 9.23. The lowest BCUT2D eigenvalue weighted by Crippen LogP contribution is -2.73. The molecule has 0 heterocycles. The van der Waals surface area contributed by atoms with Crippen LogP contribution in [0.15, 0.2) is 30.3 Å². The number of alkyl carbamates (subject to hydrolysis) is 1. The maximum atomic E-state index is 12.1. The SMILES string of the molecule is O=C(NC(C(=O)O)C12CC(C3CCCC3)(C1)C2)OCc1ccccc1. The summed E-state index contributed by atoms with van der Waals surface area (Å²) in [6, 6.07) is 8.55. The number of carbonyl (C=O) groups excluding carboxylic acids is 1. The van der Waals surface area contributed by atoms with Gasteiger partial charge < -0.3 is 15.2 Å². The molecule has 0 radical (unpaired) electrons. The molecule has 2 N–H and O–H groups in total. The molecule has 0 saturated heterocycles. The van der Waals surface area contributed by atoms with Gasteiger partial charge in [-0.1, -0.05) is 43.2 Å². The minimum absolute atomic E-state index is 0.151. The first-order chi connectivity index (χ1) is 12.0. The third kappa shape index (κ3) is 2.79. The number of nitrogens with one attached hydrogen (secondary N) is 1. The number of hydrogen-bond acceptors (Lipinski definition) is 3. The van der Waals surface area contributed by atoms with Crippen molar-refractivity contribution in [1.82, 2.24) is 5.32 Å². The summed E-state index contributed by atoms with van der Waals surface area (Å²) in [4.78, 5) is 23.8. The van der Waals surface area contributed by atoms with Gasteiger partial charge >= 0.3 is 12.1 Å². The van der Waals surface area contributed by atoms with Crippen molar-refractivity contribution in [1.29, 1.82) is 0 Å². The van der Waals surface area contributed by atoms with E-state index in [-0.39, 0.29) is 12.0 Å². The molecule has 1 aromatic rings. The third-order valence-electron chi connectivity index (χ3n) is 6.67. The number of benzene rings is 1. The van der Waals surface area contributed by atoms with Crippen LogP contribution >= 0.6 is 0 Å². The monoisotopic (exact) mass is 343 g/mol. The lowest BCUT2D eigenvalue weighted by Gasteiger charge is -2.74. The van der Waals surface area contributed by atoms with Crippen molar-refractivity contribution in [3.8, 4) is 0 Å². The Kier molecular flexibility index (Phi) is 3.97. The molecule has 0 aliphatic heterocycles. The van der Waals surface area contributed by atoms with Crippen LogP contribution in [0.2, 0.25) is 0 Å². The Balaban J connectivity index is 1.32. The molecule has 1 atom stereocenters. The first-order valence-electron chi connectivity index (χ1n) is 9.23. The molecule has 4 aliphatic rings. The quantitative estimate of drug-likeness (QED) is 0.825. The molecule has 4 saturated carbocycles. The second-order valence-electron chi connectivity index (χ2n) is 8.21. The average molecular weight is 343 g/mol. The second kappa shape index (κ2) is 6.04. The van der Waals surface area contributed by atoms with Crippen molar-refractivity contribution in [2.45, 2.75) is 57.6 Å². The molecule has 134 valence electrons. The second-order valence-corrected chi connectivity index (χ2v) is 8.21. The number of aliphatic carboxylic acids is 1. The van der Waals surface area contributed by atoms with E-state index in [1.807, 2.05) is 30.3 Å². The molecule has 4 fully saturated rings. The minimum atomic E-state index is -0.948. The molecule has 1 unspecified atom stereocenters. The molecule has 5 rings (SSSR count). The number of rotatable bonds is 6. The van der Waals surface area contributed by atoms with Gasteiger partial charge in [-0.3, -0.25) is 0 Å². The van der Waals surface area contributed by atoms with Gasteiger partial charge in [-0.25, -0.2) is 9.59 Å². The van der Waals surface area contributed by atoms with E-state index in [1.165, 1.54) is 25.7 Å². The molecule has 2 bridgehead atoms. The fourth-order valence-electron chi connectivity index (χ4n) is 5.58. The average Bonchev–Trinajstić information content (AvgIpc) is 3.04. The van der Waals surface area contributed by atoms with E-state index in [0.717, 1.165) is 30.7 Å². The zero-order chi connectivity index (χ0) is 17.5. The highest BCUT2D eigenvalue weighted by Gasteiger charge is 2.73. The molecule has 1 amide bonds. The summed E-state index contributed by atoms with van der Waals surface area (Å²) in [6.45, 7) is 0.151. The summed E-state index contributed by atoms with van der Waals surface area (Å²) in [5.41, 5.74) is 1.01. The van der Waals surface area contributed by atoms with Crippen molar-refractivity contribution in [3.63, 3.8) is 0 Å². The van der Waals surface area contributed by atoms with Crippen LogP contribution in [-0.2, 0) is 16.1 Å². The van der Waals surface area contributed by atoms with Crippen molar-refractivity contribution in [2.24, 2.45) is 16.7 Å². The Hall–Kier alpha value is -2.04. The maximum absolute atomic E-state index is 12.1. The fraction of sp³-hybridized carbons (Fsp3) is 0.600. The van der Waals surface area contributed by atoms with Crippen LogP contribution in [0.3, 0.4) is 0 Å². The highest BCUT2D eigenvalue weighted by molar-refractivity contribution is 5.81. The number of carboxylic acids is 1. The highest BCUT2D eigenvalue weighted by atomic mass is 16.5. The van der Waals surface area contributed by atoms with Crippen LogP contribution in [0, 0.1) is 16.7 Å². The van der Waals surface area contributed by atoms with Crippen LogP contribution in [0.1, 0.15) is 50.5 Å². The predicted octanol–water partition coefficient (Wildman–Crippen LogP) is 3.73. The molecule has 5 nitrogen and oxygen atoms in total. The van der Waals surface area contributed by atoms with Crippen molar-refractivity contribution >= 4 is 12.1 Å². The summed E-state index contributed by atoms with van der Waals surface area (Å²) in [6.07, 6.45) is 7.40. The van der Waals surface area contributed by atoms with E-state index in [9.17, 15) is 14.7 Å². The topological polar surface area (TPSA) is 75.6 Å². The van der Waals surface area contributed by atoms with Crippen LogP contribution in [0.25, 0.3) is 0 Å². The van der Waals surface area contributed by atoms with Gasteiger partial charge in [0.25, 0.3) is 0 Å². The molecule has 4 aliphatic carbocycles. The van der Waals surface area contributed by atoms with E-state index >= 15 is 0 Å². The number of carboxylic acid groups (broad SMARTS) is 1. The van der Waals surface area contributed by atoms with Crippen molar-refractivity contribution < 1.29 is 19.4 Å². The summed E-state index contributed by atoms with van der Waals surface area (Å²) in [5, 5.41) is 12.2. The Morgan fingerprint density at radius 2 is 1.80 bits per heavy atom. The maximum Gasteiger partial charge on any atom is 0.408 e. The molecular formula is C20H25NO4. The molecular weight excluding hydrogens is 318 g/mol. The Morgan fingerprint density at radius 1 is 1.16 bits per heavy atom. The van der Waals surface area contributed by atoms with E-state index < -0.39 is 18.1 Å². The smallest absolute Gasteiger partial charge is 0.408 e. The summed E-state index contributed by atoms with van der Waals surface area (Å²) in [7, 11) is 0. The Morgan fingerprint density at radius 3 is 2.40 bits per heavy atom. The highest BCUT2D eigenvalue weighted by Crippen LogP contribution is 2.79. The standard InChI is InChI=1S/C20H25NO4/c22-17(23)16(21-18(24)25-10-14-6-2-1-3-7-14)20-11-19(12-20,13-20)15-8-4-5-9-15/h1-3,6-7,15-16H,4-5,8-13H2,(H,21,24)(H,22,23). The van der Waals surface area contributed by atoms with Gasteiger partial charge in [-0.15, -0.1) is 0 Å². The fourth-order valence-corrected chi connectivity index (χ4v) is 5.58. The zero-order valence-electron chi connectivity index (χ0n) is 14.4. The van der Waals surface area contributed by atoms with E-state index in [2.05, 4.69) is 5.32 Å². The minimum Gasteiger partial charge on any atom is -0.480 e. The van der Waals surface area contributed by atoms with Crippen LogP contribution in [0.5, 0.6) is 0 Å². The molecule has 0 aromatic heterocycles. The number of ether oxygens (including phenoxy) is 1. The molecule has 25 heavy (non-hydrogen) atoms. The Labute approximate surface area is 147 Å². The zero-order valence-corrected chi connectivity index (χ0v) is 14.4. The lowest BCUT2D eigenvalue weighted by molar-refractivity contribution is -0.249. The molecule has 5 heteroatoms. The third-order valence-corrected chi connectivity index (χ3v) is 6.67. The van der Waals surface area contributed by atoms with Gasteiger partial charge in [0.1, 0.15) is 12.6 Å². The normalized spacial score (nSPS) is 31.5. The summed E-state index contributed by atoms with van der Waals surface area (Å²) >= 11 is 0. The van der Waals surface area contributed by atoms with E-state index in [1.54, 1.807) is 0 Å². The van der Waals surface area contributed by atoms with Crippen molar-refractivity contribution in [2.75, 3.05) is 0 Å². The molecule has 1 aromatic carbocycles. The largest absolute Gasteiger partial charge is 0.480 e. The first kappa shape index (κ1) is 16.4. The Bertz CT molecular complexity index is 646. The van der Waals surface area contributed by atoms with Gasteiger partial charge in [-0.2, -0.15) is 0 Å². The van der Waals surface area contributed by atoms with Gasteiger partial charge in [0.15, 0.2) is 0 Å². The summed E-state index contributed by atoms with van der Waals surface area (Å²) < 4.78 is 5.20. The number of amides is 1. The number of carbonyl (C=O) groups is 2. The molecule has 0 spiro atoms. The van der Waals surface area contributed by atoms with E-state index in [0.29, 0.717) is 5.41 Å². The van der Waals surface area contributed by atoms with Crippen LogP contribution in [0.4, 0.5) is 4.79 Å². The van der Waals surface area contributed by atoms with Gasteiger partial charge in [0.2, 0.25) is 0 Å². The van der Waals surface area contributed by atoms with Gasteiger partial charge in [0, 0.05) is 5.41 Å². The number of hydrogen-bond donors (Lipinski definition) is 2. The van der Waals surface area contributed by atoms with Crippen LogP contribution in [-0.4, -0.2) is 23.2 Å². The van der Waals surface area contributed by atoms with Crippen LogP contribution < -0.4 is 5.32 Å². The van der Waals surface area contributed by atoms with E-state index in [4.69, 9.17) is 4.74 Å². The van der Waals surface area contributed by atoms with Gasteiger partial charge in [0.05, 0.1) is 0 Å². The summed E-state index contributed by atoms with van der Waals surface area (Å²) in [5.74, 6) is -0.176. The van der Waals surface area contributed by atoms with Gasteiger partial charge in [-0.05, 0) is 49.0 Å². The predicted molar refractivity (Wildman–Crippen MR) is 91.9 cm³/mol. The van der Waals surface area contributed by atoms with Crippen molar-refractivity contribution in [3.05, 3.63) is 35.9 Å².